The summed E-state index contributed by atoms with van der Waals surface area (Å²) in [7, 11) is 0. The summed E-state index contributed by atoms with van der Waals surface area (Å²) in [6.07, 6.45) is -0.236. The van der Waals surface area contributed by atoms with Crippen LogP contribution in [-0.4, -0.2) is 30.1 Å². The first kappa shape index (κ1) is 8.99. The van der Waals surface area contributed by atoms with Crippen molar-refractivity contribution in [2.75, 3.05) is 0 Å². The molecule has 5 heteroatoms. The highest BCUT2D eigenvalue weighted by atomic mass is 16.6. The quantitative estimate of drug-likeness (QED) is 0.511. The number of hydrogen-bond donors (Lipinski definition) is 2. The molecule has 0 bridgehead atoms. The fourth-order valence-electron chi connectivity index (χ4n) is 0.905. The smallest absolute Gasteiger partial charge is 0.332 e. The van der Waals surface area contributed by atoms with Gasteiger partial charge in [0.15, 0.2) is 6.04 Å². The van der Waals surface area contributed by atoms with Gasteiger partial charge >= 0.3 is 5.97 Å². The Hall–Kier alpha value is -1.10. The normalized spacial score (nSPS) is 30.1. The standard InChI is InChI=1S/C7H12N2O3/c1-3(8)6(10)9-5-4(2)12-7(5)11/h3-5H,8H2,1-2H3,(H,9,10)/t3-,4+,5-/m0/s1. The Morgan fingerprint density at radius 3 is 2.67 bits per heavy atom. The van der Waals surface area contributed by atoms with Crippen molar-refractivity contribution >= 4 is 11.9 Å². The van der Waals surface area contributed by atoms with Crippen LogP contribution in [0.4, 0.5) is 0 Å². The Balaban J connectivity index is 2.41. The number of hydrogen-bond acceptors (Lipinski definition) is 4. The zero-order valence-corrected chi connectivity index (χ0v) is 7.03. The summed E-state index contributed by atoms with van der Waals surface area (Å²) in [6, 6.07) is -1.10. The lowest BCUT2D eigenvalue weighted by atomic mass is 10.1. The maximum atomic E-state index is 11.0. The summed E-state index contributed by atoms with van der Waals surface area (Å²) >= 11 is 0. The molecule has 0 aromatic heterocycles. The minimum Gasteiger partial charge on any atom is -0.458 e. The van der Waals surface area contributed by atoms with Crippen molar-refractivity contribution in [1.82, 2.24) is 5.32 Å². The molecule has 0 radical (unpaired) electrons. The van der Waals surface area contributed by atoms with Gasteiger partial charge in [-0.1, -0.05) is 0 Å². The van der Waals surface area contributed by atoms with Gasteiger partial charge in [0, 0.05) is 0 Å². The third-order valence-electron chi connectivity index (χ3n) is 1.74. The highest BCUT2D eigenvalue weighted by molar-refractivity contribution is 5.90. The van der Waals surface area contributed by atoms with Gasteiger partial charge in [0.05, 0.1) is 6.04 Å². The average Bonchev–Trinajstić information content (AvgIpc) is 2.00. The van der Waals surface area contributed by atoms with Crippen molar-refractivity contribution in [3.05, 3.63) is 0 Å². The van der Waals surface area contributed by atoms with E-state index >= 15 is 0 Å². The minimum absolute atomic E-state index is 0.236. The number of rotatable bonds is 2. The first-order valence-electron chi connectivity index (χ1n) is 3.79. The Kier molecular flexibility index (Phi) is 2.32. The predicted molar refractivity (Wildman–Crippen MR) is 41.1 cm³/mol. The van der Waals surface area contributed by atoms with E-state index in [2.05, 4.69) is 10.1 Å². The maximum Gasteiger partial charge on any atom is 0.332 e. The van der Waals surface area contributed by atoms with Gasteiger partial charge in [0.2, 0.25) is 5.91 Å². The van der Waals surface area contributed by atoms with Crippen molar-refractivity contribution < 1.29 is 14.3 Å². The van der Waals surface area contributed by atoms with Gasteiger partial charge in [0.1, 0.15) is 6.10 Å². The van der Waals surface area contributed by atoms with E-state index in [4.69, 9.17) is 5.73 Å². The molecule has 1 rings (SSSR count). The molecule has 5 nitrogen and oxygen atoms in total. The van der Waals surface area contributed by atoms with Crippen LogP contribution in [0.1, 0.15) is 13.8 Å². The molecule has 68 valence electrons. The Morgan fingerprint density at radius 2 is 2.33 bits per heavy atom. The molecule has 1 aliphatic heterocycles. The van der Waals surface area contributed by atoms with Crippen LogP contribution in [0.3, 0.4) is 0 Å². The molecule has 12 heavy (non-hydrogen) atoms. The fraction of sp³-hybridized carbons (Fsp3) is 0.714. The van der Waals surface area contributed by atoms with Gasteiger partial charge < -0.3 is 15.8 Å². The number of amides is 1. The first-order valence-corrected chi connectivity index (χ1v) is 3.79. The molecule has 1 aliphatic rings. The number of cyclic esters (lactones) is 1. The first-order chi connectivity index (χ1) is 5.52. The van der Waals surface area contributed by atoms with E-state index in [1.807, 2.05) is 0 Å². The molecule has 0 aromatic rings. The molecule has 0 aliphatic carbocycles. The number of nitrogens with one attached hydrogen (secondary N) is 1. The van der Waals surface area contributed by atoms with E-state index in [0.717, 1.165) is 0 Å². The molecule has 3 N–H and O–H groups in total. The molecule has 0 unspecified atom stereocenters. The third kappa shape index (κ3) is 1.55. The van der Waals surface area contributed by atoms with E-state index in [1.54, 1.807) is 13.8 Å². The van der Waals surface area contributed by atoms with Gasteiger partial charge in [-0.2, -0.15) is 0 Å². The Bertz CT molecular complexity index is 215. The predicted octanol–water partition coefficient (Wildman–Crippen LogP) is -1.24. The number of carbonyl (C=O) groups excluding carboxylic acids is 2. The van der Waals surface area contributed by atoms with Crippen LogP contribution in [0, 0.1) is 0 Å². The molecule has 3 atom stereocenters. The zero-order valence-electron chi connectivity index (χ0n) is 7.03. The molecule has 1 heterocycles. The van der Waals surface area contributed by atoms with Gasteiger partial charge in [-0.25, -0.2) is 4.79 Å². The summed E-state index contributed by atoms with van der Waals surface area (Å²) in [5.41, 5.74) is 5.29. The highest BCUT2D eigenvalue weighted by Gasteiger charge is 2.40. The molecule has 0 saturated carbocycles. The van der Waals surface area contributed by atoms with Crippen LogP contribution in [0.5, 0.6) is 0 Å². The molecular formula is C7H12N2O3. The second kappa shape index (κ2) is 3.10. The summed E-state index contributed by atoms with van der Waals surface area (Å²) in [6.45, 7) is 3.28. The highest BCUT2D eigenvalue weighted by Crippen LogP contribution is 2.13. The van der Waals surface area contributed by atoms with Crippen molar-refractivity contribution in [3.63, 3.8) is 0 Å². The van der Waals surface area contributed by atoms with Gasteiger partial charge in [-0.15, -0.1) is 0 Å². The van der Waals surface area contributed by atoms with Crippen LogP contribution in [0.15, 0.2) is 0 Å². The van der Waals surface area contributed by atoms with E-state index in [9.17, 15) is 9.59 Å². The summed E-state index contributed by atoms with van der Waals surface area (Å²) in [5, 5.41) is 2.48. The summed E-state index contributed by atoms with van der Waals surface area (Å²) < 4.78 is 4.64. The van der Waals surface area contributed by atoms with Crippen molar-refractivity contribution in [2.24, 2.45) is 5.73 Å². The van der Waals surface area contributed by atoms with Gasteiger partial charge in [-0.05, 0) is 13.8 Å². The van der Waals surface area contributed by atoms with Crippen LogP contribution in [0.25, 0.3) is 0 Å². The van der Waals surface area contributed by atoms with Crippen LogP contribution >= 0.6 is 0 Å². The average molecular weight is 172 g/mol. The largest absolute Gasteiger partial charge is 0.458 e. The fourth-order valence-corrected chi connectivity index (χ4v) is 0.905. The lowest BCUT2D eigenvalue weighted by molar-refractivity contribution is -0.176. The third-order valence-corrected chi connectivity index (χ3v) is 1.74. The second-order valence-corrected chi connectivity index (χ2v) is 2.92. The SMILES string of the molecule is C[C@H](N)C(=O)N[C@@H]1C(=O)O[C@@H]1C. The van der Waals surface area contributed by atoms with Crippen LogP contribution in [0.2, 0.25) is 0 Å². The van der Waals surface area contributed by atoms with E-state index in [-0.39, 0.29) is 12.0 Å². The van der Waals surface area contributed by atoms with E-state index in [1.165, 1.54) is 0 Å². The molecule has 1 fully saturated rings. The topological polar surface area (TPSA) is 81.4 Å². The number of carbonyl (C=O) groups is 2. The maximum absolute atomic E-state index is 11.0. The minimum atomic E-state index is -0.592. The lowest BCUT2D eigenvalue weighted by Gasteiger charge is -2.33. The zero-order chi connectivity index (χ0) is 9.30. The monoisotopic (exact) mass is 172 g/mol. The van der Waals surface area contributed by atoms with E-state index < -0.39 is 18.1 Å². The van der Waals surface area contributed by atoms with Gasteiger partial charge in [-0.3, -0.25) is 4.79 Å². The molecule has 1 amide bonds. The number of ether oxygens (including phenoxy) is 1. The summed E-state index contributed by atoms with van der Waals surface area (Å²) in [4.78, 5) is 21.7. The van der Waals surface area contributed by atoms with E-state index in [0.29, 0.717) is 0 Å². The number of nitrogens with two attached hydrogens (primary N) is 1. The Morgan fingerprint density at radius 1 is 1.75 bits per heavy atom. The second-order valence-electron chi connectivity index (χ2n) is 2.92. The van der Waals surface area contributed by atoms with Gasteiger partial charge in [0.25, 0.3) is 0 Å². The van der Waals surface area contributed by atoms with Crippen molar-refractivity contribution in [3.8, 4) is 0 Å². The van der Waals surface area contributed by atoms with Crippen LogP contribution in [-0.2, 0) is 14.3 Å². The van der Waals surface area contributed by atoms with Crippen molar-refractivity contribution in [1.29, 1.82) is 0 Å². The number of esters is 1. The Labute approximate surface area is 70.2 Å². The van der Waals surface area contributed by atoms with Crippen LogP contribution < -0.4 is 11.1 Å². The molecule has 0 spiro atoms. The molecule has 0 aromatic carbocycles. The lowest BCUT2D eigenvalue weighted by Crippen LogP contribution is -2.60. The summed E-state index contributed by atoms with van der Waals surface area (Å²) in [5.74, 6) is -0.722. The van der Waals surface area contributed by atoms with Crippen molar-refractivity contribution in [2.45, 2.75) is 32.0 Å². The molecular weight excluding hydrogens is 160 g/mol. The molecule has 1 saturated heterocycles.